The molecule has 2 saturated heterocycles. The Balaban J connectivity index is 1.40. The van der Waals surface area contributed by atoms with Crippen molar-refractivity contribution >= 4 is 12.0 Å². The van der Waals surface area contributed by atoms with Crippen molar-refractivity contribution in [3.05, 3.63) is 35.9 Å². The molecule has 130 valence electrons. The number of carbonyl (C=O) groups excluding carboxylic acids is 2. The molecule has 0 aliphatic carbocycles. The fraction of sp³-hybridized carbons (Fsp3) is 0.529. The van der Waals surface area contributed by atoms with Crippen LogP contribution in [0.4, 0.5) is 4.79 Å². The number of carbonyl (C=O) groups is 2. The molecule has 2 heterocycles. The van der Waals surface area contributed by atoms with Crippen LogP contribution >= 0.6 is 0 Å². The van der Waals surface area contributed by atoms with Crippen molar-refractivity contribution in [1.29, 1.82) is 0 Å². The average Bonchev–Trinajstić information content (AvgIpc) is 2.99. The lowest BCUT2D eigenvalue weighted by atomic mass is 10.2. The zero-order valence-electron chi connectivity index (χ0n) is 13.6. The first kappa shape index (κ1) is 16.7. The summed E-state index contributed by atoms with van der Waals surface area (Å²) < 4.78 is 10.5. The summed E-state index contributed by atoms with van der Waals surface area (Å²) in [6, 6.07) is 9.40. The number of amides is 2. The molecule has 0 saturated carbocycles. The van der Waals surface area contributed by atoms with Crippen LogP contribution in [0.5, 0.6) is 0 Å². The van der Waals surface area contributed by atoms with Gasteiger partial charge >= 0.3 is 12.0 Å². The van der Waals surface area contributed by atoms with E-state index in [1.807, 2.05) is 18.2 Å². The molecule has 1 aromatic rings. The van der Waals surface area contributed by atoms with Crippen molar-refractivity contribution in [2.45, 2.75) is 25.1 Å². The number of cyclic esters (lactones) is 1. The van der Waals surface area contributed by atoms with Crippen LogP contribution in [-0.4, -0.2) is 61.9 Å². The Morgan fingerprint density at radius 3 is 2.83 bits per heavy atom. The van der Waals surface area contributed by atoms with E-state index in [0.29, 0.717) is 26.2 Å². The van der Waals surface area contributed by atoms with Crippen LogP contribution in [0.1, 0.15) is 12.0 Å². The average molecular weight is 333 g/mol. The summed E-state index contributed by atoms with van der Waals surface area (Å²) in [6.45, 7) is 3.95. The van der Waals surface area contributed by atoms with E-state index in [9.17, 15) is 9.59 Å². The van der Waals surface area contributed by atoms with Crippen molar-refractivity contribution in [2.75, 3.05) is 32.8 Å². The van der Waals surface area contributed by atoms with Crippen molar-refractivity contribution in [3.8, 4) is 0 Å². The molecule has 2 N–H and O–H groups in total. The fourth-order valence-electron chi connectivity index (χ4n) is 2.93. The van der Waals surface area contributed by atoms with E-state index in [1.165, 1.54) is 5.56 Å². The highest BCUT2D eigenvalue weighted by atomic mass is 16.5. The quantitative estimate of drug-likeness (QED) is 0.767. The Labute approximate surface area is 141 Å². The number of morpholine rings is 1. The summed E-state index contributed by atoms with van der Waals surface area (Å²) >= 11 is 0. The second-order valence-corrected chi connectivity index (χ2v) is 6.08. The number of benzene rings is 1. The summed E-state index contributed by atoms with van der Waals surface area (Å²) in [5, 5.41) is 5.40. The summed E-state index contributed by atoms with van der Waals surface area (Å²) in [5.74, 6) is -0.367. The molecule has 3 rings (SSSR count). The summed E-state index contributed by atoms with van der Waals surface area (Å²) in [5.41, 5.74) is 1.27. The molecule has 0 bridgehead atoms. The van der Waals surface area contributed by atoms with Crippen molar-refractivity contribution in [2.24, 2.45) is 0 Å². The van der Waals surface area contributed by atoms with E-state index >= 15 is 0 Å². The number of rotatable bonds is 5. The summed E-state index contributed by atoms with van der Waals surface area (Å²) in [6.07, 6.45) is 0.473. The number of hydrogen-bond donors (Lipinski definition) is 2. The first-order valence-electron chi connectivity index (χ1n) is 8.29. The molecule has 0 aromatic heterocycles. The van der Waals surface area contributed by atoms with Gasteiger partial charge in [0.25, 0.3) is 0 Å². The standard InChI is InChI=1S/C17H23N3O4/c21-16-15(6-8-24-16)19-17(22)18-10-14-12-20(7-9-23-14)11-13-4-2-1-3-5-13/h1-5,14-15H,6-12H2,(H2,18,19,22)/t14?,15-/m0/s1. The molecule has 0 radical (unpaired) electrons. The predicted molar refractivity (Wildman–Crippen MR) is 87.4 cm³/mol. The fourth-order valence-corrected chi connectivity index (χ4v) is 2.93. The second-order valence-electron chi connectivity index (χ2n) is 6.08. The zero-order chi connectivity index (χ0) is 16.8. The monoisotopic (exact) mass is 333 g/mol. The van der Waals surface area contributed by atoms with Crippen LogP contribution in [-0.2, 0) is 20.8 Å². The van der Waals surface area contributed by atoms with Crippen LogP contribution in [0.25, 0.3) is 0 Å². The maximum Gasteiger partial charge on any atom is 0.328 e. The molecule has 2 aliphatic rings. The lowest BCUT2D eigenvalue weighted by Crippen LogP contribution is -2.50. The molecule has 2 fully saturated rings. The summed E-state index contributed by atoms with van der Waals surface area (Å²) in [7, 11) is 0. The van der Waals surface area contributed by atoms with E-state index in [0.717, 1.165) is 19.6 Å². The van der Waals surface area contributed by atoms with Gasteiger partial charge in [-0.2, -0.15) is 0 Å². The molecule has 2 amide bonds. The molecule has 24 heavy (non-hydrogen) atoms. The van der Waals surface area contributed by atoms with E-state index in [2.05, 4.69) is 27.7 Å². The highest BCUT2D eigenvalue weighted by Gasteiger charge is 2.28. The van der Waals surface area contributed by atoms with Gasteiger partial charge in [0.15, 0.2) is 0 Å². The van der Waals surface area contributed by atoms with E-state index < -0.39 is 6.04 Å². The van der Waals surface area contributed by atoms with Gasteiger partial charge in [0, 0.05) is 32.6 Å². The van der Waals surface area contributed by atoms with Gasteiger partial charge in [-0.15, -0.1) is 0 Å². The molecular weight excluding hydrogens is 310 g/mol. The maximum atomic E-state index is 11.9. The van der Waals surface area contributed by atoms with Gasteiger partial charge in [0.1, 0.15) is 6.04 Å². The largest absolute Gasteiger partial charge is 0.464 e. The van der Waals surface area contributed by atoms with E-state index in [-0.39, 0.29) is 18.1 Å². The number of nitrogens with zero attached hydrogens (tertiary/aromatic N) is 1. The first-order valence-corrected chi connectivity index (χ1v) is 8.29. The molecule has 1 aromatic carbocycles. The second kappa shape index (κ2) is 8.12. The lowest BCUT2D eigenvalue weighted by Gasteiger charge is -2.33. The molecule has 2 aliphatic heterocycles. The third kappa shape index (κ3) is 4.69. The number of nitrogens with one attached hydrogen (secondary N) is 2. The van der Waals surface area contributed by atoms with Crippen LogP contribution in [0.2, 0.25) is 0 Å². The number of hydrogen-bond acceptors (Lipinski definition) is 5. The molecular formula is C17H23N3O4. The van der Waals surface area contributed by atoms with Gasteiger partial charge < -0.3 is 20.1 Å². The first-order chi connectivity index (χ1) is 11.7. The lowest BCUT2D eigenvalue weighted by molar-refractivity contribution is -0.139. The molecule has 2 atom stereocenters. The normalized spacial score (nSPS) is 24.4. The number of ether oxygens (including phenoxy) is 2. The van der Waals surface area contributed by atoms with Gasteiger partial charge in [-0.3, -0.25) is 4.90 Å². The predicted octanol–water partition coefficient (Wildman–Crippen LogP) is 0.502. The number of urea groups is 1. The van der Waals surface area contributed by atoms with Crippen molar-refractivity contribution in [1.82, 2.24) is 15.5 Å². The Hall–Kier alpha value is -2.12. The number of esters is 1. The SMILES string of the molecule is O=C(NCC1CN(Cc2ccccc2)CCO1)N[C@H]1CCOC1=O. The van der Waals surface area contributed by atoms with Crippen molar-refractivity contribution < 1.29 is 19.1 Å². The minimum absolute atomic E-state index is 0.0521. The van der Waals surface area contributed by atoms with Gasteiger partial charge in [0.05, 0.1) is 19.3 Å². The Morgan fingerprint density at radius 2 is 2.08 bits per heavy atom. The highest BCUT2D eigenvalue weighted by Crippen LogP contribution is 2.10. The maximum absolute atomic E-state index is 11.9. The molecule has 7 heteroatoms. The zero-order valence-corrected chi connectivity index (χ0v) is 13.6. The van der Waals surface area contributed by atoms with Crippen LogP contribution < -0.4 is 10.6 Å². The topological polar surface area (TPSA) is 79.9 Å². The minimum atomic E-state index is -0.535. The highest BCUT2D eigenvalue weighted by molar-refractivity contribution is 5.84. The third-order valence-electron chi connectivity index (χ3n) is 4.20. The van der Waals surface area contributed by atoms with Gasteiger partial charge in [-0.05, 0) is 5.56 Å². The minimum Gasteiger partial charge on any atom is -0.464 e. The molecule has 0 spiro atoms. The molecule has 7 nitrogen and oxygen atoms in total. The molecule has 1 unspecified atom stereocenters. The van der Waals surface area contributed by atoms with Crippen LogP contribution in [0.15, 0.2) is 30.3 Å². The van der Waals surface area contributed by atoms with Crippen LogP contribution in [0.3, 0.4) is 0 Å². The van der Waals surface area contributed by atoms with E-state index in [4.69, 9.17) is 9.47 Å². The van der Waals surface area contributed by atoms with Gasteiger partial charge in [-0.25, -0.2) is 9.59 Å². The van der Waals surface area contributed by atoms with E-state index in [1.54, 1.807) is 0 Å². The Bertz CT molecular complexity index is 566. The Morgan fingerprint density at radius 1 is 1.25 bits per heavy atom. The van der Waals surface area contributed by atoms with Gasteiger partial charge in [0.2, 0.25) is 0 Å². The van der Waals surface area contributed by atoms with Crippen LogP contribution in [0, 0.1) is 0 Å². The Kier molecular flexibility index (Phi) is 5.66. The smallest absolute Gasteiger partial charge is 0.328 e. The summed E-state index contributed by atoms with van der Waals surface area (Å²) in [4.78, 5) is 25.5. The van der Waals surface area contributed by atoms with Gasteiger partial charge in [-0.1, -0.05) is 30.3 Å². The third-order valence-corrected chi connectivity index (χ3v) is 4.20. The van der Waals surface area contributed by atoms with Crippen molar-refractivity contribution in [3.63, 3.8) is 0 Å².